The van der Waals surface area contributed by atoms with Gasteiger partial charge in [-0.3, -0.25) is 9.48 Å². The Morgan fingerprint density at radius 1 is 1.42 bits per heavy atom. The Morgan fingerprint density at radius 3 is 2.73 bits per heavy atom. The number of rotatable bonds is 7. The van der Waals surface area contributed by atoms with Gasteiger partial charge in [-0.25, -0.2) is 8.78 Å². The Labute approximate surface area is 151 Å². The maximum atomic E-state index is 13.8. The van der Waals surface area contributed by atoms with Gasteiger partial charge < -0.3 is 9.64 Å². The fourth-order valence-corrected chi connectivity index (χ4v) is 2.65. The van der Waals surface area contributed by atoms with E-state index in [1.54, 1.807) is 10.7 Å². The van der Waals surface area contributed by atoms with E-state index < -0.39 is 23.1 Å². The lowest BCUT2D eigenvalue weighted by Gasteiger charge is -2.28. The molecule has 1 amide bonds. The first-order valence-corrected chi connectivity index (χ1v) is 8.41. The summed E-state index contributed by atoms with van der Waals surface area (Å²) in [6.07, 6.45) is 3.69. The van der Waals surface area contributed by atoms with Crippen molar-refractivity contribution in [2.75, 3.05) is 13.2 Å². The number of allylic oxidation sites excluding steroid dienone is 3. The second kappa shape index (κ2) is 8.60. The van der Waals surface area contributed by atoms with Crippen molar-refractivity contribution in [3.05, 3.63) is 59.9 Å². The number of halogens is 2. The first kappa shape index (κ1) is 19.6. The summed E-state index contributed by atoms with van der Waals surface area (Å²) in [5, 5.41) is 4.35. The summed E-state index contributed by atoms with van der Waals surface area (Å²) < 4.78 is 34.7. The molecule has 0 saturated carbocycles. The normalized spacial score (nSPS) is 15.2. The van der Waals surface area contributed by atoms with Gasteiger partial charge in [-0.2, -0.15) is 0 Å². The topological polar surface area (TPSA) is 47.4 Å². The predicted molar refractivity (Wildman–Crippen MR) is 95.8 cm³/mol. The van der Waals surface area contributed by atoms with Crippen LogP contribution < -0.4 is 4.74 Å². The maximum absolute atomic E-state index is 13.8. The molecule has 0 bridgehead atoms. The summed E-state index contributed by atoms with van der Waals surface area (Å²) in [4.78, 5) is 13.8. The molecule has 0 aromatic carbocycles. The van der Waals surface area contributed by atoms with Crippen LogP contribution in [0, 0.1) is 0 Å². The second-order valence-corrected chi connectivity index (χ2v) is 5.84. The first-order chi connectivity index (χ1) is 12.4. The van der Waals surface area contributed by atoms with Crippen molar-refractivity contribution in [1.29, 1.82) is 0 Å². The van der Waals surface area contributed by atoms with Crippen LogP contribution in [0.2, 0.25) is 0 Å². The van der Waals surface area contributed by atoms with Crippen molar-refractivity contribution in [3.63, 3.8) is 0 Å². The van der Waals surface area contributed by atoms with E-state index in [1.165, 1.54) is 4.90 Å². The van der Waals surface area contributed by atoms with E-state index in [2.05, 4.69) is 18.3 Å². The summed E-state index contributed by atoms with van der Waals surface area (Å²) >= 11 is 0. The van der Waals surface area contributed by atoms with Gasteiger partial charge in [0.2, 0.25) is 5.88 Å². The Hall–Kier alpha value is -2.70. The summed E-state index contributed by atoms with van der Waals surface area (Å²) in [5.74, 6) is -2.44. The number of aromatic nitrogens is 2. The van der Waals surface area contributed by atoms with Gasteiger partial charge in [-0.05, 0) is 25.0 Å². The van der Waals surface area contributed by atoms with Gasteiger partial charge in [0.05, 0.1) is 18.8 Å². The van der Waals surface area contributed by atoms with Crippen LogP contribution >= 0.6 is 0 Å². The molecular weight excluding hydrogens is 340 g/mol. The quantitative estimate of drug-likeness (QED) is 0.420. The van der Waals surface area contributed by atoms with Gasteiger partial charge in [0.1, 0.15) is 23.8 Å². The Kier molecular flexibility index (Phi) is 6.49. The fraction of sp³-hybridized carbons (Fsp3) is 0.368. The second-order valence-electron chi connectivity index (χ2n) is 5.84. The first-order valence-electron chi connectivity index (χ1n) is 8.41. The van der Waals surface area contributed by atoms with Gasteiger partial charge in [0.15, 0.2) is 0 Å². The summed E-state index contributed by atoms with van der Waals surface area (Å²) in [7, 11) is 0. The number of ether oxygens (including phenoxy) is 1. The Morgan fingerprint density at radius 2 is 2.15 bits per heavy atom. The monoisotopic (exact) mass is 363 g/mol. The number of carbonyl (C=O) groups is 1. The van der Waals surface area contributed by atoms with Crippen LogP contribution in [0.15, 0.2) is 54.2 Å². The number of hydrogen-bond donors (Lipinski definition) is 0. The molecule has 26 heavy (non-hydrogen) atoms. The number of amides is 1. The molecule has 0 aliphatic carbocycles. The van der Waals surface area contributed by atoms with E-state index in [9.17, 15) is 13.6 Å². The van der Waals surface area contributed by atoms with E-state index in [4.69, 9.17) is 4.74 Å². The fourth-order valence-electron chi connectivity index (χ4n) is 2.65. The van der Waals surface area contributed by atoms with E-state index in [0.717, 1.165) is 23.8 Å². The molecule has 1 aliphatic heterocycles. The molecule has 0 N–H and O–H groups in total. The molecule has 2 rings (SSSR count). The lowest BCUT2D eigenvalue weighted by atomic mass is 10.1. The van der Waals surface area contributed by atoms with Crippen molar-refractivity contribution in [2.24, 2.45) is 0 Å². The van der Waals surface area contributed by atoms with Gasteiger partial charge >= 0.3 is 0 Å². The van der Waals surface area contributed by atoms with Gasteiger partial charge in [-0.15, -0.1) is 5.10 Å². The summed E-state index contributed by atoms with van der Waals surface area (Å²) in [6, 6.07) is 1.74. The van der Waals surface area contributed by atoms with E-state index >= 15 is 0 Å². The lowest BCUT2D eigenvalue weighted by Crippen LogP contribution is -2.39. The van der Waals surface area contributed by atoms with Crippen molar-refractivity contribution in [2.45, 2.75) is 33.4 Å². The SMILES string of the molecule is C=CC(F)=C(C(=C)F)C(=O)N1CCn2nc(OCC(=CC)CC)cc2C1. The minimum absolute atomic E-state index is 0.181. The number of fused-ring (bicyclic) bond motifs is 1. The van der Waals surface area contributed by atoms with Gasteiger partial charge in [-0.1, -0.05) is 26.2 Å². The lowest BCUT2D eigenvalue weighted by molar-refractivity contribution is -0.128. The third-order valence-electron chi connectivity index (χ3n) is 4.23. The molecule has 5 nitrogen and oxygen atoms in total. The third-order valence-corrected chi connectivity index (χ3v) is 4.23. The highest BCUT2D eigenvalue weighted by atomic mass is 19.1. The molecule has 0 saturated heterocycles. The van der Waals surface area contributed by atoms with Crippen LogP contribution in [0.3, 0.4) is 0 Å². The van der Waals surface area contributed by atoms with Crippen LogP contribution in [0.1, 0.15) is 26.0 Å². The van der Waals surface area contributed by atoms with E-state index in [1.807, 2.05) is 19.9 Å². The van der Waals surface area contributed by atoms with Crippen molar-refractivity contribution in [1.82, 2.24) is 14.7 Å². The molecule has 2 heterocycles. The highest BCUT2D eigenvalue weighted by Crippen LogP contribution is 2.24. The molecule has 7 heteroatoms. The molecule has 1 aliphatic rings. The van der Waals surface area contributed by atoms with Crippen LogP contribution in [0.4, 0.5) is 8.78 Å². The molecule has 0 spiro atoms. The minimum atomic E-state index is -1.12. The average Bonchev–Trinajstić information content (AvgIpc) is 3.04. The van der Waals surface area contributed by atoms with Crippen LogP contribution in [-0.2, 0) is 17.9 Å². The van der Waals surface area contributed by atoms with E-state index in [0.29, 0.717) is 19.0 Å². The zero-order chi connectivity index (χ0) is 19.3. The highest BCUT2D eigenvalue weighted by molar-refractivity contribution is 5.98. The minimum Gasteiger partial charge on any atom is -0.472 e. The molecule has 1 aromatic rings. The van der Waals surface area contributed by atoms with Crippen molar-refractivity contribution in [3.8, 4) is 5.88 Å². The number of nitrogens with zero attached hydrogens (tertiary/aromatic N) is 3. The smallest absolute Gasteiger partial charge is 0.260 e. The zero-order valence-corrected chi connectivity index (χ0v) is 15.1. The Bertz CT molecular complexity index is 778. The molecule has 140 valence electrons. The molecule has 0 fully saturated rings. The number of hydrogen-bond acceptors (Lipinski definition) is 3. The molecule has 1 aromatic heterocycles. The average molecular weight is 363 g/mol. The third kappa shape index (κ3) is 4.28. The standard InChI is InChI=1S/C19H23F2N3O2/c1-5-14(6-2)12-26-17-10-15-11-23(8-9-24(15)22-17)19(25)18(13(4)20)16(21)7-3/h5,7,10H,3-4,6,8-9,11-12H2,1-2H3. The van der Waals surface area contributed by atoms with Gasteiger partial charge in [0, 0.05) is 12.6 Å². The predicted octanol–water partition coefficient (Wildman–Crippen LogP) is 3.85. The van der Waals surface area contributed by atoms with Crippen LogP contribution in [0.25, 0.3) is 0 Å². The van der Waals surface area contributed by atoms with Crippen molar-refractivity contribution >= 4 is 5.91 Å². The Balaban J connectivity index is 2.13. The summed E-state index contributed by atoms with van der Waals surface area (Å²) in [6.45, 7) is 11.6. The van der Waals surface area contributed by atoms with Crippen LogP contribution in [-0.4, -0.2) is 33.7 Å². The molecular formula is C19H23F2N3O2. The highest BCUT2D eigenvalue weighted by Gasteiger charge is 2.28. The zero-order valence-electron chi connectivity index (χ0n) is 15.1. The number of carbonyl (C=O) groups excluding carboxylic acids is 1. The summed E-state index contributed by atoms with van der Waals surface area (Å²) in [5.41, 5.74) is 1.20. The molecule has 0 atom stereocenters. The maximum Gasteiger partial charge on any atom is 0.260 e. The van der Waals surface area contributed by atoms with Crippen LogP contribution in [0.5, 0.6) is 5.88 Å². The van der Waals surface area contributed by atoms with Crippen molar-refractivity contribution < 1.29 is 18.3 Å². The molecule has 0 radical (unpaired) electrons. The van der Waals surface area contributed by atoms with E-state index in [-0.39, 0.29) is 13.1 Å². The molecule has 0 unspecified atom stereocenters. The largest absolute Gasteiger partial charge is 0.472 e. The van der Waals surface area contributed by atoms with Gasteiger partial charge in [0.25, 0.3) is 5.91 Å².